The Morgan fingerprint density at radius 1 is 1.36 bits per heavy atom. The Bertz CT molecular complexity index is 198. The van der Waals surface area contributed by atoms with E-state index in [1.165, 1.54) is 0 Å². The van der Waals surface area contributed by atoms with Crippen molar-refractivity contribution in [2.75, 3.05) is 6.61 Å². The van der Waals surface area contributed by atoms with Crippen LogP contribution in [0.4, 0.5) is 0 Å². The smallest absolute Gasteiger partial charge is 0.312 e. The van der Waals surface area contributed by atoms with E-state index >= 15 is 0 Å². The summed E-state index contributed by atoms with van der Waals surface area (Å²) in [6.07, 6.45) is 8.02. The first-order valence-electron chi connectivity index (χ1n) is 4.16. The van der Waals surface area contributed by atoms with E-state index in [0.29, 0.717) is 6.61 Å². The highest BCUT2D eigenvalue weighted by atomic mass is 16.5. The number of allylic oxidation sites excluding steroid dienone is 2. The highest BCUT2D eigenvalue weighted by molar-refractivity contribution is 5.78. The lowest BCUT2D eigenvalue weighted by Crippen LogP contribution is -2.34. The van der Waals surface area contributed by atoms with Crippen molar-refractivity contribution in [2.45, 2.75) is 25.7 Å². The van der Waals surface area contributed by atoms with E-state index in [2.05, 4.69) is 12.2 Å². The van der Waals surface area contributed by atoms with Crippen LogP contribution in [0.2, 0.25) is 0 Å². The maximum absolute atomic E-state index is 11.4. The lowest BCUT2D eigenvalue weighted by molar-refractivity contribution is -0.161. The van der Waals surface area contributed by atoms with E-state index in [1.807, 2.05) is 0 Å². The quantitative estimate of drug-likeness (QED) is 0.390. The molecule has 60 valence electrons. The van der Waals surface area contributed by atoms with Gasteiger partial charge in [0.05, 0.1) is 12.0 Å². The first-order valence-corrected chi connectivity index (χ1v) is 4.16. The summed E-state index contributed by atoms with van der Waals surface area (Å²) in [4.78, 5) is 11.4. The Kier molecular flexibility index (Phi) is 1.48. The molecule has 0 N–H and O–H groups in total. The topological polar surface area (TPSA) is 26.3 Å². The van der Waals surface area contributed by atoms with E-state index in [4.69, 9.17) is 4.74 Å². The third-order valence-electron chi connectivity index (χ3n) is 2.65. The van der Waals surface area contributed by atoms with Crippen LogP contribution in [0.3, 0.4) is 0 Å². The van der Waals surface area contributed by atoms with E-state index < -0.39 is 0 Å². The number of carbonyl (C=O) groups excluding carboxylic acids is 1. The van der Waals surface area contributed by atoms with Crippen molar-refractivity contribution >= 4 is 5.97 Å². The summed E-state index contributed by atoms with van der Waals surface area (Å²) < 4.78 is 5.04. The summed E-state index contributed by atoms with van der Waals surface area (Å²) in [5, 5.41) is 0. The molecule has 0 atom stereocenters. The van der Waals surface area contributed by atoms with Gasteiger partial charge in [-0.1, -0.05) is 12.2 Å². The Morgan fingerprint density at radius 2 is 2.09 bits per heavy atom. The van der Waals surface area contributed by atoms with Crippen molar-refractivity contribution in [1.82, 2.24) is 0 Å². The maximum atomic E-state index is 11.4. The molecular weight excluding hydrogens is 140 g/mol. The molecular formula is C9H12O2. The molecule has 0 saturated carbocycles. The highest BCUT2D eigenvalue weighted by Gasteiger charge is 2.41. The molecule has 0 bridgehead atoms. The second-order valence-electron chi connectivity index (χ2n) is 3.40. The van der Waals surface area contributed by atoms with Crippen LogP contribution < -0.4 is 0 Å². The molecule has 2 heteroatoms. The number of ether oxygens (including phenoxy) is 1. The lowest BCUT2D eigenvalue weighted by atomic mass is 9.80. The van der Waals surface area contributed by atoms with E-state index in [-0.39, 0.29) is 11.4 Å². The van der Waals surface area contributed by atoms with Crippen LogP contribution >= 0.6 is 0 Å². The molecule has 1 saturated heterocycles. The van der Waals surface area contributed by atoms with Crippen molar-refractivity contribution in [2.24, 2.45) is 5.41 Å². The fraction of sp³-hybridized carbons (Fsp3) is 0.667. The molecule has 1 aliphatic carbocycles. The molecule has 0 radical (unpaired) electrons. The van der Waals surface area contributed by atoms with Crippen LogP contribution in [0.25, 0.3) is 0 Å². The second-order valence-corrected chi connectivity index (χ2v) is 3.40. The van der Waals surface area contributed by atoms with Gasteiger partial charge in [0.15, 0.2) is 0 Å². The van der Waals surface area contributed by atoms with Crippen molar-refractivity contribution in [3.63, 3.8) is 0 Å². The Labute approximate surface area is 66.2 Å². The number of hydrogen-bond acceptors (Lipinski definition) is 2. The normalized spacial score (nSPS) is 27.5. The van der Waals surface area contributed by atoms with Gasteiger partial charge in [0.1, 0.15) is 0 Å². The summed E-state index contributed by atoms with van der Waals surface area (Å²) in [5.41, 5.74) is -0.141. The molecule has 1 spiro atoms. The zero-order valence-electron chi connectivity index (χ0n) is 6.51. The fourth-order valence-corrected chi connectivity index (χ4v) is 1.90. The Morgan fingerprint density at radius 3 is 2.73 bits per heavy atom. The predicted molar refractivity (Wildman–Crippen MR) is 41.0 cm³/mol. The zero-order chi connectivity index (χ0) is 7.73. The monoisotopic (exact) mass is 152 g/mol. The maximum Gasteiger partial charge on any atom is 0.312 e. The standard InChI is InChI=1S/C9H12O2/c10-8-9(4-1-2-5-9)6-3-7-11-8/h1-2H,3-7H2. The van der Waals surface area contributed by atoms with E-state index in [9.17, 15) is 4.79 Å². The number of hydrogen-bond donors (Lipinski definition) is 0. The molecule has 1 heterocycles. The molecule has 1 fully saturated rings. The first-order chi connectivity index (χ1) is 5.33. The Balaban J connectivity index is 2.15. The van der Waals surface area contributed by atoms with Crippen LogP contribution in [0, 0.1) is 5.41 Å². The van der Waals surface area contributed by atoms with Gasteiger partial charge in [0.2, 0.25) is 0 Å². The largest absolute Gasteiger partial charge is 0.465 e. The molecule has 0 unspecified atom stereocenters. The van der Waals surface area contributed by atoms with Crippen molar-refractivity contribution in [3.05, 3.63) is 12.2 Å². The fourth-order valence-electron chi connectivity index (χ4n) is 1.90. The van der Waals surface area contributed by atoms with Gasteiger partial charge in [0.25, 0.3) is 0 Å². The van der Waals surface area contributed by atoms with Gasteiger partial charge in [-0.3, -0.25) is 4.79 Å². The third kappa shape index (κ3) is 0.971. The SMILES string of the molecule is O=C1OCCCC12CC=CC2. The van der Waals surface area contributed by atoms with Gasteiger partial charge in [0, 0.05) is 0 Å². The van der Waals surface area contributed by atoms with E-state index in [0.717, 1.165) is 25.7 Å². The molecule has 1 aliphatic heterocycles. The third-order valence-corrected chi connectivity index (χ3v) is 2.65. The minimum absolute atomic E-state index is 0.0220. The zero-order valence-corrected chi connectivity index (χ0v) is 6.51. The van der Waals surface area contributed by atoms with Gasteiger partial charge < -0.3 is 4.74 Å². The molecule has 2 aliphatic rings. The molecule has 0 aromatic rings. The Hall–Kier alpha value is -0.790. The molecule has 0 aromatic carbocycles. The van der Waals surface area contributed by atoms with Crippen LogP contribution in [-0.4, -0.2) is 12.6 Å². The van der Waals surface area contributed by atoms with Crippen LogP contribution in [0.5, 0.6) is 0 Å². The van der Waals surface area contributed by atoms with Crippen LogP contribution in [0.1, 0.15) is 25.7 Å². The van der Waals surface area contributed by atoms with Gasteiger partial charge in [-0.2, -0.15) is 0 Å². The average molecular weight is 152 g/mol. The summed E-state index contributed by atoms with van der Waals surface area (Å²) >= 11 is 0. The summed E-state index contributed by atoms with van der Waals surface area (Å²) in [6, 6.07) is 0. The summed E-state index contributed by atoms with van der Waals surface area (Å²) in [6.45, 7) is 0.626. The predicted octanol–water partition coefficient (Wildman–Crippen LogP) is 1.66. The lowest BCUT2D eigenvalue weighted by Gasteiger charge is -2.30. The van der Waals surface area contributed by atoms with Gasteiger partial charge in [-0.15, -0.1) is 0 Å². The number of carbonyl (C=O) groups is 1. The minimum atomic E-state index is -0.141. The summed E-state index contributed by atoms with van der Waals surface area (Å²) in [5.74, 6) is 0.0220. The molecule has 2 rings (SSSR count). The molecule has 2 nitrogen and oxygen atoms in total. The van der Waals surface area contributed by atoms with Gasteiger partial charge in [-0.05, 0) is 25.7 Å². The average Bonchev–Trinajstić information content (AvgIpc) is 2.46. The second kappa shape index (κ2) is 2.36. The molecule has 0 amide bonds. The number of rotatable bonds is 0. The van der Waals surface area contributed by atoms with E-state index in [1.54, 1.807) is 0 Å². The van der Waals surface area contributed by atoms with Crippen molar-refractivity contribution in [3.8, 4) is 0 Å². The minimum Gasteiger partial charge on any atom is -0.465 e. The van der Waals surface area contributed by atoms with Gasteiger partial charge >= 0.3 is 5.97 Å². The van der Waals surface area contributed by atoms with Crippen molar-refractivity contribution < 1.29 is 9.53 Å². The number of esters is 1. The van der Waals surface area contributed by atoms with Crippen LogP contribution in [0.15, 0.2) is 12.2 Å². The van der Waals surface area contributed by atoms with Crippen molar-refractivity contribution in [1.29, 1.82) is 0 Å². The first kappa shape index (κ1) is 6.89. The summed E-state index contributed by atoms with van der Waals surface area (Å²) in [7, 11) is 0. The molecule has 0 aromatic heterocycles. The highest BCUT2D eigenvalue weighted by Crippen LogP contribution is 2.41. The number of cyclic esters (lactones) is 1. The van der Waals surface area contributed by atoms with Gasteiger partial charge in [-0.25, -0.2) is 0 Å². The molecule has 11 heavy (non-hydrogen) atoms. The van der Waals surface area contributed by atoms with Crippen LogP contribution in [-0.2, 0) is 9.53 Å².